The number of urea groups is 1. The van der Waals surface area contributed by atoms with E-state index in [9.17, 15) is 9.59 Å². The number of nitrogens with one attached hydrogen (secondary N) is 2. The van der Waals surface area contributed by atoms with Crippen molar-refractivity contribution in [2.24, 2.45) is 0 Å². The fraction of sp³-hybridized carbons (Fsp3) is 0.333. The summed E-state index contributed by atoms with van der Waals surface area (Å²) in [5.41, 5.74) is 1.06. The van der Waals surface area contributed by atoms with Crippen LogP contribution in [0.1, 0.15) is 15.9 Å². The van der Waals surface area contributed by atoms with Crippen molar-refractivity contribution in [2.75, 3.05) is 20.3 Å². The van der Waals surface area contributed by atoms with Crippen molar-refractivity contribution in [2.45, 2.75) is 6.54 Å². The van der Waals surface area contributed by atoms with Gasteiger partial charge in [0.15, 0.2) is 0 Å². The third-order valence-electron chi connectivity index (χ3n) is 2.25. The van der Waals surface area contributed by atoms with E-state index in [-0.39, 0.29) is 11.6 Å². The summed E-state index contributed by atoms with van der Waals surface area (Å²) in [5.74, 6) is -0.966. The van der Waals surface area contributed by atoms with Crippen LogP contribution in [0.25, 0.3) is 0 Å². The molecule has 98 valence electrons. The van der Waals surface area contributed by atoms with Crippen LogP contribution in [0.15, 0.2) is 24.3 Å². The highest BCUT2D eigenvalue weighted by atomic mass is 16.5. The first-order valence-corrected chi connectivity index (χ1v) is 5.46. The number of rotatable bonds is 6. The van der Waals surface area contributed by atoms with Crippen LogP contribution in [0.5, 0.6) is 0 Å². The first kappa shape index (κ1) is 14.0. The molecule has 0 spiro atoms. The lowest BCUT2D eigenvalue weighted by molar-refractivity contribution is 0.0697. The minimum Gasteiger partial charge on any atom is -0.478 e. The molecule has 18 heavy (non-hydrogen) atoms. The summed E-state index contributed by atoms with van der Waals surface area (Å²) in [7, 11) is 1.56. The van der Waals surface area contributed by atoms with Gasteiger partial charge in [0.1, 0.15) is 0 Å². The molecule has 0 unspecified atom stereocenters. The summed E-state index contributed by atoms with van der Waals surface area (Å²) >= 11 is 0. The number of methoxy groups -OCH3 is 1. The summed E-state index contributed by atoms with van der Waals surface area (Å²) in [5, 5.41) is 14.0. The zero-order chi connectivity index (χ0) is 13.4. The summed E-state index contributed by atoms with van der Waals surface area (Å²) in [6.45, 7) is 1.25. The molecule has 1 rings (SSSR count). The van der Waals surface area contributed by atoms with Gasteiger partial charge in [-0.15, -0.1) is 0 Å². The van der Waals surface area contributed by atoms with Crippen molar-refractivity contribution in [1.82, 2.24) is 10.6 Å². The van der Waals surface area contributed by atoms with Crippen molar-refractivity contribution in [3.63, 3.8) is 0 Å². The van der Waals surface area contributed by atoms with E-state index >= 15 is 0 Å². The Hall–Kier alpha value is -2.08. The van der Waals surface area contributed by atoms with Crippen LogP contribution >= 0.6 is 0 Å². The van der Waals surface area contributed by atoms with E-state index in [1.54, 1.807) is 19.2 Å². The highest BCUT2D eigenvalue weighted by molar-refractivity contribution is 5.87. The maximum atomic E-state index is 11.3. The molecule has 0 aliphatic rings. The fourth-order valence-electron chi connectivity index (χ4n) is 1.28. The third-order valence-corrected chi connectivity index (χ3v) is 2.25. The van der Waals surface area contributed by atoms with Gasteiger partial charge in [-0.25, -0.2) is 9.59 Å². The molecule has 6 nitrogen and oxygen atoms in total. The average Bonchev–Trinajstić information content (AvgIpc) is 2.37. The molecular formula is C12H16N2O4. The molecule has 0 atom stereocenters. The standard InChI is InChI=1S/C12H16N2O4/c1-18-7-6-13-12(17)14-8-9-2-4-10(5-3-9)11(15)16/h2-5H,6-8H2,1H3,(H,15,16)(H2,13,14,17). The van der Waals surface area contributed by atoms with Crippen molar-refractivity contribution >= 4 is 12.0 Å². The van der Waals surface area contributed by atoms with E-state index in [4.69, 9.17) is 9.84 Å². The van der Waals surface area contributed by atoms with Gasteiger partial charge in [-0.3, -0.25) is 0 Å². The summed E-state index contributed by atoms with van der Waals surface area (Å²) in [6, 6.07) is 6.05. The van der Waals surface area contributed by atoms with Crippen LogP contribution in [-0.4, -0.2) is 37.4 Å². The smallest absolute Gasteiger partial charge is 0.335 e. The monoisotopic (exact) mass is 252 g/mol. The van der Waals surface area contributed by atoms with E-state index in [0.717, 1.165) is 5.56 Å². The Balaban J connectivity index is 2.34. The van der Waals surface area contributed by atoms with Gasteiger partial charge in [-0.2, -0.15) is 0 Å². The highest BCUT2D eigenvalue weighted by Gasteiger charge is 2.03. The zero-order valence-electron chi connectivity index (χ0n) is 10.1. The second-order valence-corrected chi connectivity index (χ2v) is 3.60. The molecule has 0 heterocycles. The predicted octanol–water partition coefficient (Wildman–Crippen LogP) is 0.830. The van der Waals surface area contributed by atoms with Gasteiger partial charge in [0.05, 0.1) is 12.2 Å². The molecule has 0 saturated carbocycles. The van der Waals surface area contributed by atoms with Crippen molar-refractivity contribution < 1.29 is 19.4 Å². The number of carbonyl (C=O) groups is 2. The lowest BCUT2D eigenvalue weighted by Gasteiger charge is -2.07. The van der Waals surface area contributed by atoms with E-state index in [2.05, 4.69) is 10.6 Å². The molecular weight excluding hydrogens is 236 g/mol. The molecule has 6 heteroatoms. The zero-order valence-corrected chi connectivity index (χ0v) is 10.1. The average molecular weight is 252 g/mol. The number of hydrogen-bond donors (Lipinski definition) is 3. The maximum Gasteiger partial charge on any atom is 0.335 e. The van der Waals surface area contributed by atoms with Gasteiger partial charge in [0, 0.05) is 20.2 Å². The van der Waals surface area contributed by atoms with Crippen molar-refractivity contribution in [3.8, 4) is 0 Å². The minimum atomic E-state index is -0.966. The van der Waals surface area contributed by atoms with Gasteiger partial charge >= 0.3 is 12.0 Å². The predicted molar refractivity (Wildman–Crippen MR) is 65.5 cm³/mol. The van der Waals surface area contributed by atoms with Gasteiger partial charge in [-0.1, -0.05) is 12.1 Å². The molecule has 0 saturated heterocycles. The Labute approximate surface area is 105 Å². The number of carboxylic acids is 1. The Kier molecular flexibility index (Phi) is 5.66. The number of benzene rings is 1. The molecule has 1 aromatic rings. The first-order valence-electron chi connectivity index (χ1n) is 5.46. The van der Waals surface area contributed by atoms with Crippen LogP contribution in [0.2, 0.25) is 0 Å². The van der Waals surface area contributed by atoms with Gasteiger partial charge < -0.3 is 20.5 Å². The molecule has 1 aromatic carbocycles. The van der Waals surface area contributed by atoms with Gasteiger partial charge in [-0.05, 0) is 17.7 Å². The largest absolute Gasteiger partial charge is 0.478 e. The van der Waals surface area contributed by atoms with E-state index in [0.29, 0.717) is 19.7 Å². The second-order valence-electron chi connectivity index (χ2n) is 3.60. The van der Waals surface area contributed by atoms with Crippen LogP contribution in [0.4, 0.5) is 4.79 Å². The molecule has 0 bridgehead atoms. The third kappa shape index (κ3) is 4.84. The van der Waals surface area contributed by atoms with Crippen molar-refractivity contribution in [3.05, 3.63) is 35.4 Å². The fourth-order valence-corrected chi connectivity index (χ4v) is 1.28. The second kappa shape index (κ2) is 7.29. The number of aromatic carboxylic acids is 1. The molecule has 3 N–H and O–H groups in total. The van der Waals surface area contributed by atoms with Crippen LogP contribution < -0.4 is 10.6 Å². The van der Waals surface area contributed by atoms with Crippen LogP contribution in [-0.2, 0) is 11.3 Å². The van der Waals surface area contributed by atoms with Crippen LogP contribution in [0.3, 0.4) is 0 Å². The quantitative estimate of drug-likeness (QED) is 0.654. The SMILES string of the molecule is COCCNC(=O)NCc1ccc(C(=O)O)cc1. The first-order chi connectivity index (χ1) is 8.63. The van der Waals surface area contributed by atoms with Gasteiger partial charge in [0.2, 0.25) is 0 Å². The Morgan fingerprint density at radius 3 is 2.44 bits per heavy atom. The molecule has 0 radical (unpaired) electrons. The van der Waals surface area contributed by atoms with Gasteiger partial charge in [0.25, 0.3) is 0 Å². The normalized spacial score (nSPS) is 9.83. The van der Waals surface area contributed by atoms with E-state index in [1.165, 1.54) is 12.1 Å². The topological polar surface area (TPSA) is 87.7 Å². The number of hydrogen-bond acceptors (Lipinski definition) is 3. The highest BCUT2D eigenvalue weighted by Crippen LogP contribution is 2.03. The summed E-state index contributed by atoms with van der Waals surface area (Å²) < 4.78 is 4.79. The molecule has 0 aliphatic heterocycles. The van der Waals surface area contributed by atoms with E-state index < -0.39 is 5.97 Å². The summed E-state index contributed by atoms with van der Waals surface area (Å²) in [4.78, 5) is 21.9. The number of ether oxygens (including phenoxy) is 1. The van der Waals surface area contributed by atoms with E-state index in [1.807, 2.05) is 0 Å². The Morgan fingerprint density at radius 2 is 1.89 bits per heavy atom. The lowest BCUT2D eigenvalue weighted by Crippen LogP contribution is -2.36. The van der Waals surface area contributed by atoms with Crippen LogP contribution in [0, 0.1) is 0 Å². The minimum absolute atomic E-state index is 0.225. The van der Waals surface area contributed by atoms with Crippen molar-refractivity contribution in [1.29, 1.82) is 0 Å². The number of carbonyl (C=O) groups excluding carboxylic acids is 1. The molecule has 0 fully saturated rings. The number of amides is 2. The lowest BCUT2D eigenvalue weighted by atomic mass is 10.1. The number of carboxylic acid groups (broad SMARTS) is 1. The Morgan fingerprint density at radius 1 is 1.22 bits per heavy atom. The maximum absolute atomic E-state index is 11.3. The summed E-state index contributed by atoms with van der Waals surface area (Å²) in [6.07, 6.45) is 0. The molecule has 2 amide bonds. The molecule has 0 aliphatic carbocycles. The Bertz CT molecular complexity index is 403. The molecule has 0 aromatic heterocycles.